The lowest BCUT2D eigenvalue weighted by molar-refractivity contribution is 0.628. The first kappa shape index (κ1) is 14.6. The van der Waals surface area contributed by atoms with Gasteiger partial charge in [0.25, 0.3) is 0 Å². The molecule has 1 aliphatic rings. The molecule has 1 aromatic carbocycles. The molecule has 3 heterocycles. The van der Waals surface area contributed by atoms with E-state index < -0.39 is 0 Å². The summed E-state index contributed by atoms with van der Waals surface area (Å²) in [5, 5.41) is 6.78. The molecule has 0 saturated carbocycles. The molecule has 4 N–H and O–H groups in total. The Balaban J connectivity index is 1.79. The summed E-state index contributed by atoms with van der Waals surface area (Å²) in [4.78, 5) is 13.6. The van der Waals surface area contributed by atoms with E-state index in [9.17, 15) is 0 Å². The zero-order chi connectivity index (χ0) is 16.4. The van der Waals surface area contributed by atoms with Crippen LogP contribution in [-0.2, 0) is 13.0 Å². The lowest BCUT2D eigenvalue weighted by Gasteiger charge is -2.21. The Kier molecular flexibility index (Phi) is 3.80. The van der Waals surface area contributed by atoms with Gasteiger partial charge in [0, 0.05) is 54.4 Å². The molecular formula is C18H18N6. The van der Waals surface area contributed by atoms with Crippen LogP contribution in [0.4, 0.5) is 17.2 Å². The highest BCUT2D eigenvalue weighted by molar-refractivity contribution is 5.67. The largest absolute Gasteiger partial charge is 0.399 e. The van der Waals surface area contributed by atoms with Gasteiger partial charge in [0.15, 0.2) is 5.82 Å². The number of fused-ring (bicyclic) bond motifs is 1. The van der Waals surface area contributed by atoms with Crippen molar-refractivity contribution in [3.63, 3.8) is 0 Å². The molecule has 0 unspecified atom stereocenters. The highest BCUT2D eigenvalue weighted by atomic mass is 15.1. The van der Waals surface area contributed by atoms with Gasteiger partial charge < -0.3 is 16.4 Å². The molecule has 0 saturated heterocycles. The number of aromatic nitrogens is 3. The Bertz CT molecular complexity index is 863. The number of benzene rings is 1. The van der Waals surface area contributed by atoms with E-state index in [0.717, 1.165) is 53.5 Å². The van der Waals surface area contributed by atoms with Crippen LogP contribution in [0.15, 0.2) is 48.8 Å². The molecule has 4 rings (SSSR count). The van der Waals surface area contributed by atoms with Gasteiger partial charge in [0.05, 0.1) is 5.69 Å². The number of nitrogens with two attached hydrogens (primary N) is 1. The number of anilines is 3. The molecule has 0 atom stereocenters. The summed E-state index contributed by atoms with van der Waals surface area (Å²) < 4.78 is 0. The van der Waals surface area contributed by atoms with Gasteiger partial charge in [-0.2, -0.15) is 0 Å². The lowest BCUT2D eigenvalue weighted by Crippen LogP contribution is -2.26. The maximum Gasteiger partial charge on any atom is 0.161 e. The van der Waals surface area contributed by atoms with Gasteiger partial charge in [-0.15, -0.1) is 0 Å². The van der Waals surface area contributed by atoms with Crippen molar-refractivity contribution in [3.8, 4) is 11.4 Å². The minimum atomic E-state index is 0.712. The highest BCUT2D eigenvalue weighted by Crippen LogP contribution is 2.27. The Labute approximate surface area is 140 Å². The predicted molar refractivity (Wildman–Crippen MR) is 94.8 cm³/mol. The van der Waals surface area contributed by atoms with Crippen LogP contribution in [0.25, 0.3) is 11.4 Å². The second-order valence-corrected chi connectivity index (χ2v) is 5.73. The summed E-state index contributed by atoms with van der Waals surface area (Å²) in [6.07, 6.45) is 4.40. The number of nitrogens with zero attached hydrogens (tertiary/aromatic N) is 3. The number of hydrogen-bond donors (Lipinski definition) is 3. The monoisotopic (exact) mass is 318 g/mol. The topological polar surface area (TPSA) is 88.8 Å². The van der Waals surface area contributed by atoms with E-state index in [0.29, 0.717) is 5.82 Å². The van der Waals surface area contributed by atoms with Gasteiger partial charge in [-0.05, 0) is 30.3 Å². The summed E-state index contributed by atoms with van der Waals surface area (Å²) >= 11 is 0. The third-order valence-electron chi connectivity index (χ3n) is 4.02. The summed E-state index contributed by atoms with van der Waals surface area (Å²) in [5.41, 5.74) is 10.7. The zero-order valence-electron chi connectivity index (χ0n) is 13.2. The number of nitrogens with one attached hydrogen (secondary N) is 2. The van der Waals surface area contributed by atoms with Gasteiger partial charge in [0.2, 0.25) is 0 Å². The molecule has 0 fully saturated rings. The van der Waals surface area contributed by atoms with E-state index in [1.807, 2.05) is 36.4 Å². The molecular weight excluding hydrogens is 300 g/mol. The highest BCUT2D eigenvalue weighted by Gasteiger charge is 2.18. The van der Waals surface area contributed by atoms with Crippen LogP contribution >= 0.6 is 0 Å². The summed E-state index contributed by atoms with van der Waals surface area (Å²) in [5.74, 6) is 1.54. The molecule has 0 radical (unpaired) electrons. The molecule has 2 aromatic heterocycles. The molecule has 24 heavy (non-hydrogen) atoms. The average Bonchev–Trinajstić information content (AvgIpc) is 2.62. The smallest absolute Gasteiger partial charge is 0.161 e. The minimum absolute atomic E-state index is 0.712. The maximum absolute atomic E-state index is 5.88. The van der Waals surface area contributed by atoms with Crippen molar-refractivity contribution in [1.82, 2.24) is 20.3 Å². The van der Waals surface area contributed by atoms with Gasteiger partial charge in [-0.25, -0.2) is 9.97 Å². The third kappa shape index (κ3) is 2.91. The molecule has 0 bridgehead atoms. The summed E-state index contributed by atoms with van der Waals surface area (Å²) in [7, 11) is 0. The van der Waals surface area contributed by atoms with Crippen molar-refractivity contribution in [2.45, 2.75) is 13.0 Å². The van der Waals surface area contributed by atoms with Gasteiger partial charge >= 0.3 is 0 Å². The second-order valence-electron chi connectivity index (χ2n) is 5.73. The van der Waals surface area contributed by atoms with E-state index in [4.69, 9.17) is 15.7 Å². The van der Waals surface area contributed by atoms with Crippen molar-refractivity contribution >= 4 is 17.2 Å². The lowest BCUT2D eigenvalue weighted by atomic mass is 10.1. The van der Waals surface area contributed by atoms with Crippen molar-refractivity contribution in [2.75, 3.05) is 17.6 Å². The Morgan fingerprint density at radius 2 is 1.96 bits per heavy atom. The molecule has 6 nitrogen and oxygen atoms in total. The van der Waals surface area contributed by atoms with E-state index in [1.165, 1.54) is 0 Å². The van der Waals surface area contributed by atoms with Crippen LogP contribution in [-0.4, -0.2) is 21.5 Å². The molecule has 0 aliphatic carbocycles. The maximum atomic E-state index is 5.88. The predicted octanol–water partition coefficient (Wildman–Crippen LogP) is 2.51. The molecule has 1 aliphatic heterocycles. The van der Waals surface area contributed by atoms with Gasteiger partial charge in [0.1, 0.15) is 5.82 Å². The van der Waals surface area contributed by atoms with E-state index in [-0.39, 0.29) is 0 Å². The number of rotatable bonds is 3. The fraction of sp³-hybridized carbons (Fsp3) is 0.167. The van der Waals surface area contributed by atoms with E-state index in [1.54, 1.807) is 12.4 Å². The number of hydrogen-bond acceptors (Lipinski definition) is 6. The summed E-state index contributed by atoms with van der Waals surface area (Å²) in [6.45, 7) is 1.69. The standard InChI is InChI=1S/C18H18N6/c19-13-2-1-3-14(10-13)22-18-15-11-21-9-6-16(15)23-17(24-18)12-4-7-20-8-5-12/h1-5,7-8,10,21H,6,9,11,19H2,(H,22,23,24). The first-order valence-corrected chi connectivity index (χ1v) is 7.93. The molecule has 0 amide bonds. The van der Waals surface area contributed by atoms with Crippen LogP contribution in [0.2, 0.25) is 0 Å². The molecule has 3 aromatic rings. The fourth-order valence-electron chi connectivity index (χ4n) is 2.83. The summed E-state index contributed by atoms with van der Waals surface area (Å²) in [6, 6.07) is 11.5. The van der Waals surface area contributed by atoms with Crippen molar-refractivity contribution in [1.29, 1.82) is 0 Å². The SMILES string of the molecule is Nc1cccc(Nc2nc(-c3ccncc3)nc3c2CNCC3)c1. The van der Waals surface area contributed by atoms with Crippen molar-refractivity contribution in [2.24, 2.45) is 0 Å². The van der Waals surface area contributed by atoms with Crippen molar-refractivity contribution in [3.05, 3.63) is 60.0 Å². The van der Waals surface area contributed by atoms with E-state index >= 15 is 0 Å². The third-order valence-corrected chi connectivity index (χ3v) is 4.02. The average molecular weight is 318 g/mol. The molecule has 0 spiro atoms. The van der Waals surface area contributed by atoms with Crippen LogP contribution in [0.5, 0.6) is 0 Å². The zero-order valence-corrected chi connectivity index (χ0v) is 13.2. The first-order chi connectivity index (χ1) is 11.8. The van der Waals surface area contributed by atoms with Crippen LogP contribution in [0.3, 0.4) is 0 Å². The Hall–Kier alpha value is -2.99. The van der Waals surface area contributed by atoms with Gasteiger partial charge in [-0.3, -0.25) is 4.98 Å². The van der Waals surface area contributed by atoms with Crippen molar-refractivity contribution < 1.29 is 0 Å². The molecule has 6 heteroatoms. The Morgan fingerprint density at radius 1 is 1.08 bits per heavy atom. The second kappa shape index (κ2) is 6.25. The molecule has 120 valence electrons. The normalized spacial score (nSPS) is 13.3. The quantitative estimate of drug-likeness (QED) is 0.643. The van der Waals surface area contributed by atoms with E-state index in [2.05, 4.69) is 15.6 Å². The van der Waals surface area contributed by atoms with Crippen LogP contribution in [0.1, 0.15) is 11.3 Å². The van der Waals surface area contributed by atoms with Gasteiger partial charge in [-0.1, -0.05) is 6.07 Å². The first-order valence-electron chi connectivity index (χ1n) is 7.93. The minimum Gasteiger partial charge on any atom is -0.399 e. The number of nitrogen functional groups attached to an aromatic ring is 1. The Morgan fingerprint density at radius 3 is 2.79 bits per heavy atom. The van der Waals surface area contributed by atoms with Crippen LogP contribution < -0.4 is 16.4 Å². The van der Waals surface area contributed by atoms with Crippen LogP contribution in [0, 0.1) is 0 Å². The fourth-order valence-corrected chi connectivity index (χ4v) is 2.83. The number of pyridine rings is 1.